The van der Waals surface area contributed by atoms with Crippen molar-refractivity contribution < 1.29 is 9.84 Å². The van der Waals surface area contributed by atoms with Crippen molar-refractivity contribution in [2.24, 2.45) is 0 Å². The summed E-state index contributed by atoms with van der Waals surface area (Å²) in [6.07, 6.45) is 0.0341. The zero-order chi connectivity index (χ0) is 15.5. The molecule has 0 radical (unpaired) electrons. The highest BCUT2D eigenvalue weighted by atomic mass is 16.5. The standard InChI is InChI=1S/C19H24O2/c1-19(2,3)15-11-9-14(10-12-15)13-17(20)16-7-5-6-8-18(16)21-4/h5-12,17,20H,13H2,1-4H3. The molecule has 1 unspecified atom stereocenters. The lowest BCUT2D eigenvalue weighted by Crippen LogP contribution is -2.11. The highest BCUT2D eigenvalue weighted by molar-refractivity contribution is 5.36. The van der Waals surface area contributed by atoms with Crippen LogP contribution in [0.4, 0.5) is 0 Å². The Morgan fingerprint density at radius 1 is 1.00 bits per heavy atom. The third kappa shape index (κ3) is 3.85. The Morgan fingerprint density at radius 2 is 1.62 bits per heavy atom. The number of ether oxygens (including phenoxy) is 1. The quantitative estimate of drug-likeness (QED) is 0.908. The Morgan fingerprint density at radius 3 is 2.19 bits per heavy atom. The number of rotatable bonds is 4. The molecule has 0 aliphatic rings. The van der Waals surface area contributed by atoms with Crippen LogP contribution in [0.15, 0.2) is 48.5 Å². The summed E-state index contributed by atoms with van der Waals surface area (Å²) in [6, 6.07) is 16.1. The molecule has 0 saturated heterocycles. The Hall–Kier alpha value is -1.80. The van der Waals surface area contributed by atoms with Crippen molar-refractivity contribution in [3.8, 4) is 5.75 Å². The molecular weight excluding hydrogens is 260 g/mol. The number of hydrogen-bond acceptors (Lipinski definition) is 2. The van der Waals surface area contributed by atoms with Crippen LogP contribution in [0.25, 0.3) is 0 Å². The molecule has 0 aliphatic carbocycles. The van der Waals surface area contributed by atoms with Crippen LogP contribution in [0.5, 0.6) is 5.75 Å². The summed E-state index contributed by atoms with van der Waals surface area (Å²) in [4.78, 5) is 0. The number of hydrogen-bond donors (Lipinski definition) is 1. The number of para-hydroxylation sites is 1. The van der Waals surface area contributed by atoms with Gasteiger partial charge in [0.2, 0.25) is 0 Å². The second-order valence-electron chi connectivity index (χ2n) is 6.41. The van der Waals surface area contributed by atoms with Crippen molar-refractivity contribution in [2.45, 2.75) is 38.7 Å². The number of benzene rings is 2. The van der Waals surface area contributed by atoms with Gasteiger partial charge in [0.25, 0.3) is 0 Å². The van der Waals surface area contributed by atoms with Gasteiger partial charge in [-0.3, -0.25) is 0 Å². The summed E-state index contributed by atoms with van der Waals surface area (Å²) in [5, 5.41) is 10.4. The van der Waals surface area contributed by atoms with Gasteiger partial charge in [0.1, 0.15) is 5.75 Å². The normalized spacial score (nSPS) is 13.0. The van der Waals surface area contributed by atoms with Gasteiger partial charge in [-0.25, -0.2) is 0 Å². The number of methoxy groups -OCH3 is 1. The van der Waals surface area contributed by atoms with Gasteiger partial charge in [-0.15, -0.1) is 0 Å². The molecule has 1 N–H and O–H groups in total. The molecule has 2 aromatic carbocycles. The van der Waals surface area contributed by atoms with Gasteiger partial charge in [-0.2, -0.15) is 0 Å². The van der Waals surface area contributed by atoms with E-state index < -0.39 is 6.10 Å². The zero-order valence-corrected chi connectivity index (χ0v) is 13.3. The molecule has 0 aromatic heterocycles. The van der Waals surface area contributed by atoms with Gasteiger partial charge < -0.3 is 9.84 Å². The van der Waals surface area contributed by atoms with Gasteiger partial charge in [0.05, 0.1) is 13.2 Å². The minimum Gasteiger partial charge on any atom is -0.496 e. The van der Waals surface area contributed by atoms with Crippen LogP contribution in [0.1, 0.15) is 43.6 Å². The molecule has 2 rings (SSSR count). The van der Waals surface area contributed by atoms with Gasteiger partial charge in [0, 0.05) is 12.0 Å². The highest BCUT2D eigenvalue weighted by Crippen LogP contribution is 2.28. The molecule has 112 valence electrons. The molecule has 0 bridgehead atoms. The smallest absolute Gasteiger partial charge is 0.124 e. The lowest BCUT2D eigenvalue weighted by atomic mass is 9.86. The van der Waals surface area contributed by atoms with Gasteiger partial charge in [0.15, 0.2) is 0 Å². The Labute approximate surface area is 127 Å². The Kier molecular flexibility index (Phi) is 4.69. The van der Waals surface area contributed by atoms with Crippen molar-refractivity contribution in [2.75, 3.05) is 7.11 Å². The minimum atomic E-state index is -0.554. The van der Waals surface area contributed by atoms with Crippen LogP contribution < -0.4 is 4.74 Å². The first-order valence-electron chi connectivity index (χ1n) is 7.32. The second-order valence-corrected chi connectivity index (χ2v) is 6.41. The van der Waals surface area contributed by atoms with Crippen LogP contribution >= 0.6 is 0 Å². The molecule has 2 aromatic rings. The van der Waals surface area contributed by atoms with Crippen molar-refractivity contribution >= 4 is 0 Å². The van der Waals surface area contributed by atoms with E-state index in [-0.39, 0.29) is 5.41 Å². The van der Waals surface area contributed by atoms with E-state index >= 15 is 0 Å². The Balaban J connectivity index is 2.14. The van der Waals surface area contributed by atoms with Crippen molar-refractivity contribution in [3.05, 3.63) is 65.2 Å². The van der Waals surface area contributed by atoms with Crippen molar-refractivity contribution in [3.63, 3.8) is 0 Å². The fourth-order valence-corrected chi connectivity index (χ4v) is 2.42. The predicted molar refractivity (Wildman–Crippen MR) is 86.8 cm³/mol. The van der Waals surface area contributed by atoms with Crippen molar-refractivity contribution in [1.29, 1.82) is 0 Å². The topological polar surface area (TPSA) is 29.5 Å². The van der Waals surface area contributed by atoms with E-state index in [2.05, 4.69) is 45.0 Å². The third-order valence-electron chi connectivity index (χ3n) is 3.75. The van der Waals surface area contributed by atoms with E-state index in [1.54, 1.807) is 7.11 Å². The van der Waals surface area contributed by atoms with Crippen LogP contribution in [0.3, 0.4) is 0 Å². The van der Waals surface area contributed by atoms with E-state index in [4.69, 9.17) is 4.74 Å². The van der Waals surface area contributed by atoms with Crippen LogP contribution in [-0.4, -0.2) is 12.2 Å². The summed E-state index contributed by atoms with van der Waals surface area (Å²) in [5.41, 5.74) is 3.42. The predicted octanol–water partition coefficient (Wildman–Crippen LogP) is 4.27. The third-order valence-corrected chi connectivity index (χ3v) is 3.75. The first kappa shape index (κ1) is 15.6. The van der Waals surface area contributed by atoms with Crippen LogP contribution in [-0.2, 0) is 11.8 Å². The average Bonchev–Trinajstić information content (AvgIpc) is 2.46. The molecule has 0 saturated carbocycles. The van der Waals surface area contributed by atoms with E-state index in [1.165, 1.54) is 5.56 Å². The SMILES string of the molecule is COc1ccccc1C(O)Cc1ccc(C(C)(C)C)cc1. The fraction of sp³-hybridized carbons (Fsp3) is 0.368. The minimum absolute atomic E-state index is 0.153. The van der Waals surface area contributed by atoms with Crippen molar-refractivity contribution in [1.82, 2.24) is 0 Å². The molecule has 0 aliphatic heterocycles. The largest absolute Gasteiger partial charge is 0.496 e. The van der Waals surface area contributed by atoms with E-state index in [9.17, 15) is 5.11 Å². The van der Waals surface area contributed by atoms with Crippen LogP contribution in [0.2, 0.25) is 0 Å². The van der Waals surface area contributed by atoms with Gasteiger partial charge >= 0.3 is 0 Å². The fourth-order valence-electron chi connectivity index (χ4n) is 2.42. The second kappa shape index (κ2) is 6.31. The number of aliphatic hydroxyl groups is 1. The maximum atomic E-state index is 10.4. The molecule has 2 heteroatoms. The molecular formula is C19H24O2. The van der Waals surface area contributed by atoms with Crippen LogP contribution in [0, 0.1) is 0 Å². The molecule has 0 fully saturated rings. The number of aliphatic hydroxyl groups excluding tert-OH is 1. The summed E-state index contributed by atoms with van der Waals surface area (Å²) in [5.74, 6) is 0.733. The Bertz CT molecular complexity index is 579. The first-order chi connectivity index (χ1) is 9.91. The lowest BCUT2D eigenvalue weighted by Gasteiger charge is -2.20. The maximum Gasteiger partial charge on any atom is 0.124 e. The lowest BCUT2D eigenvalue weighted by molar-refractivity contribution is 0.174. The molecule has 0 amide bonds. The first-order valence-corrected chi connectivity index (χ1v) is 7.32. The summed E-state index contributed by atoms with van der Waals surface area (Å²) >= 11 is 0. The van der Waals surface area contributed by atoms with Gasteiger partial charge in [-0.05, 0) is 22.6 Å². The monoisotopic (exact) mass is 284 g/mol. The average molecular weight is 284 g/mol. The molecule has 2 nitrogen and oxygen atoms in total. The van der Waals surface area contributed by atoms with Gasteiger partial charge in [-0.1, -0.05) is 63.2 Å². The molecule has 0 heterocycles. The molecule has 1 atom stereocenters. The maximum absolute atomic E-state index is 10.4. The van der Waals surface area contributed by atoms with E-state index in [0.29, 0.717) is 6.42 Å². The zero-order valence-electron chi connectivity index (χ0n) is 13.3. The molecule has 0 spiro atoms. The van der Waals surface area contributed by atoms with E-state index in [0.717, 1.165) is 16.9 Å². The summed E-state index contributed by atoms with van der Waals surface area (Å²) < 4.78 is 5.31. The highest BCUT2D eigenvalue weighted by Gasteiger charge is 2.15. The summed E-state index contributed by atoms with van der Waals surface area (Å²) in [6.45, 7) is 6.60. The summed E-state index contributed by atoms with van der Waals surface area (Å²) in [7, 11) is 1.63. The van der Waals surface area contributed by atoms with E-state index in [1.807, 2.05) is 24.3 Å². The molecule has 21 heavy (non-hydrogen) atoms.